The molecule has 1 heterocycles. The second kappa shape index (κ2) is 7.84. The van der Waals surface area contributed by atoms with Gasteiger partial charge in [0.15, 0.2) is 11.0 Å². The van der Waals surface area contributed by atoms with E-state index in [4.69, 9.17) is 0 Å². The molecule has 7 heteroatoms. The number of thioether (sulfide) groups is 1. The summed E-state index contributed by atoms with van der Waals surface area (Å²) >= 11 is 1.35. The van der Waals surface area contributed by atoms with Crippen LogP contribution in [0.15, 0.2) is 42.1 Å². The van der Waals surface area contributed by atoms with E-state index in [1.165, 1.54) is 37.1 Å². The highest BCUT2D eigenvalue weighted by Crippen LogP contribution is 2.55. The molecule has 4 aliphatic rings. The van der Waals surface area contributed by atoms with E-state index in [0.29, 0.717) is 23.1 Å². The fraction of sp³-hybridized carbons (Fsp3) is 0.522. The number of hydrogen-bond donors (Lipinski definition) is 1. The third-order valence-corrected chi connectivity index (χ3v) is 7.89. The molecule has 0 radical (unpaired) electrons. The molecule has 4 bridgehead atoms. The maximum Gasteiger partial charge on any atom is 0.230 e. The number of rotatable bonds is 7. The molecule has 1 N–H and O–H groups in total. The van der Waals surface area contributed by atoms with Gasteiger partial charge in [0, 0.05) is 12.1 Å². The molecule has 5 nitrogen and oxygen atoms in total. The van der Waals surface area contributed by atoms with Gasteiger partial charge in [-0.05, 0) is 68.4 Å². The molecule has 2 aromatic rings. The summed E-state index contributed by atoms with van der Waals surface area (Å²) in [6.45, 7) is 4.25. The molecule has 0 saturated heterocycles. The summed E-state index contributed by atoms with van der Waals surface area (Å²) in [4.78, 5) is 12.8. The third kappa shape index (κ3) is 3.68. The molecule has 1 aromatic heterocycles. The van der Waals surface area contributed by atoms with Crippen molar-refractivity contribution in [3.63, 3.8) is 0 Å². The van der Waals surface area contributed by atoms with Crippen LogP contribution in [0.4, 0.5) is 4.39 Å². The Hall–Kier alpha value is -2.15. The molecule has 1 amide bonds. The number of amides is 1. The molecule has 4 saturated carbocycles. The third-order valence-electron chi connectivity index (χ3n) is 6.92. The number of benzene rings is 1. The Morgan fingerprint density at radius 1 is 1.20 bits per heavy atom. The minimum Gasteiger partial charge on any atom is -0.350 e. The first kappa shape index (κ1) is 19.8. The Morgan fingerprint density at radius 2 is 1.87 bits per heavy atom. The molecule has 158 valence electrons. The average molecular weight is 427 g/mol. The summed E-state index contributed by atoms with van der Waals surface area (Å²) in [6, 6.07) is 6.52. The molecule has 0 aliphatic heterocycles. The molecule has 6 rings (SSSR count). The van der Waals surface area contributed by atoms with Crippen LogP contribution in [0.2, 0.25) is 0 Å². The van der Waals surface area contributed by atoms with Crippen LogP contribution in [0.1, 0.15) is 38.5 Å². The highest BCUT2D eigenvalue weighted by Gasteiger charge is 2.51. The highest BCUT2D eigenvalue weighted by molar-refractivity contribution is 7.99. The molecular weight excluding hydrogens is 399 g/mol. The van der Waals surface area contributed by atoms with Crippen LogP contribution in [0.25, 0.3) is 11.4 Å². The van der Waals surface area contributed by atoms with Crippen LogP contribution in [0.5, 0.6) is 0 Å². The standard InChI is InChI=1S/C23H27FN4OS/c1-2-7-28-21(18-5-3-4-6-19(18)24)26-27-22(28)30-14-20(29)25-23-11-15-8-16(12-23)10-17(9-15)13-23/h2-6,15-17H,1,7-14H2,(H,25,29). The lowest BCUT2D eigenvalue weighted by molar-refractivity contribution is -0.124. The lowest BCUT2D eigenvalue weighted by Crippen LogP contribution is -2.60. The van der Waals surface area contributed by atoms with E-state index in [2.05, 4.69) is 22.1 Å². The van der Waals surface area contributed by atoms with E-state index < -0.39 is 0 Å². The first-order valence-corrected chi connectivity index (χ1v) is 11.8. The zero-order valence-electron chi connectivity index (χ0n) is 17.0. The fourth-order valence-corrected chi connectivity index (χ4v) is 7.00. The second-order valence-corrected chi connectivity index (χ2v) is 10.2. The van der Waals surface area contributed by atoms with E-state index in [1.54, 1.807) is 24.3 Å². The monoisotopic (exact) mass is 426 g/mol. The summed E-state index contributed by atoms with van der Waals surface area (Å²) in [7, 11) is 0. The van der Waals surface area contributed by atoms with Crippen molar-refractivity contribution in [1.29, 1.82) is 0 Å². The van der Waals surface area contributed by atoms with Crippen molar-refractivity contribution < 1.29 is 9.18 Å². The summed E-state index contributed by atoms with van der Waals surface area (Å²) in [5.74, 6) is 2.84. The number of halogens is 1. The second-order valence-electron chi connectivity index (χ2n) is 9.22. The Morgan fingerprint density at radius 3 is 2.50 bits per heavy atom. The summed E-state index contributed by atoms with van der Waals surface area (Å²) in [5.41, 5.74) is 0.413. The van der Waals surface area contributed by atoms with E-state index in [-0.39, 0.29) is 23.0 Å². The normalized spacial score (nSPS) is 29.2. The van der Waals surface area contributed by atoms with Crippen molar-refractivity contribution in [3.8, 4) is 11.4 Å². The number of nitrogens with zero attached hydrogens (tertiary/aromatic N) is 3. The molecular formula is C23H27FN4OS. The SMILES string of the molecule is C=CCn1c(SCC(=O)NC23CC4CC(CC(C4)C2)C3)nnc1-c1ccccc1F. The van der Waals surface area contributed by atoms with Crippen molar-refractivity contribution in [2.45, 2.75) is 55.8 Å². The first-order valence-electron chi connectivity index (χ1n) is 10.8. The predicted molar refractivity (Wildman–Crippen MR) is 115 cm³/mol. The Bertz CT molecular complexity index is 937. The smallest absolute Gasteiger partial charge is 0.230 e. The topological polar surface area (TPSA) is 59.8 Å². The summed E-state index contributed by atoms with van der Waals surface area (Å²) < 4.78 is 16.1. The largest absolute Gasteiger partial charge is 0.350 e. The van der Waals surface area contributed by atoms with Crippen molar-refractivity contribution in [2.75, 3.05) is 5.75 Å². The summed E-state index contributed by atoms with van der Waals surface area (Å²) in [5, 5.41) is 12.4. The number of allylic oxidation sites excluding steroid dienone is 1. The van der Waals surface area contributed by atoms with Crippen molar-refractivity contribution >= 4 is 17.7 Å². The van der Waals surface area contributed by atoms with Crippen molar-refractivity contribution in [2.24, 2.45) is 17.8 Å². The molecule has 30 heavy (non-hydrogen) atoms. The Labute approximate surface area is 180 Å². The number of nitrogens with one attached hydrogen (secondary N) is 1. The van der Waals surface area contributed by atoms with E-state index in [0.717, 1.165) is 37.0 Å². The lowest BCUT2D eigenvalue weighted by Gasteiger charge is -2.56. The molecule has 0 atom stereocenters. The number of carbonyl (C=O) groups is 1. The fourth-order valence-electron chi connectivity index (χ4n) is 6.26. The average Bonchev–Trinajstić information content (AvgIpc) is 3.08. The van der Waals surface area contributed by atoms with Crippen LogP contribution in [0.3, 0.4) is 0 Å². The lowest BCUT2D eigenvalue weighted by atomic mass is 9.53. The van der Waals surface area contributed by atoms with Crippen LogP contribution in [0, 0.1) is 23.6 Å². The van der Waals surface area contributed by atoms with E-state index in [9.17, 15) is 9.18 Å². The van der Waals surface area contributed by atoms with Gasteiger partial charge >= 0.3 is 0 Å². The van der Waals surface area contributed by atoms with Gasteiger partial charge in [0.1, 0.15) is 5.82 Å². The highest BCUT2D eigenvalue weighted by atomic mass is 32.2. The number of hydrogen-bond acceptors (Lipinski definition) is 4. The van der Waals surface area contributed by atoms with Gasteiger partial charge in [-0.25, -0.2) is 4.39 Å². The van der Waals surface area contributed by atoms with Gasteiger partial charge in [0.25, 0.3) is 0 Å². The van der Waals surface area contributed by atoms with E-state index >= 15 is 0 Å². The van der Waals surface area contributed by atoms with Gasteiger partial charge in [-0.15, -0.1) is 16.8 Å². The number of aromatic nitrogens is 3. The maximum atomic E-state index is 14.3. The van der Waals surface area contributed by atoms with Crippen molar-refractivity contribution in [1.82, 2.24) is 20.1 Å². The quantitative estimate of drug-likeness (QED) is 0.525. The molecule has 0 spiro atoms. The Kier molecular flexibility index (Phi) is 5.17. The maximum absolute atomic E-state index is 14.3. The van der Waals surface area contributed by atoms with Gasteiger partial charge in [-0.3, -0.25) is 9.36 Å². The van der Waals surface area contributed by atoms with Crippen LogP contribution in [-0.2, 0) is 11.3 Å². The van der Waals surface area contributed by atoms with Gasteiger partial charge in [0.2, 0.25) is 5.91 Å². The van der Waals surface area contributed by atoms with Crippen molar-refractivity contribution in [3.05, 3.63) is 42.7 Å². The summed E-state index contributed by atoms with van der Waals surface area (Å²) in [6.07, 6.45) is 9.21. The van der Waals surface area contributed by atoms with Crippen LogP contribution >= 0.6 is 11.8 Å². The molecule has 0 unspecified atom stereocenters. The van der Waals surface area contributed by atoms with Crippen LogP contribution in [-0.4, -0.2) is 32.0 Å². The van der Waals surface area contributed by atoms with Gasteiger partial charge in [-0.2, -0.15) is 0 Å². The predicted octanol–water partition coefficient (Wildman–Crippen LogP) is 4.45. The van der Waals surface area contributed by atoms with E-state index in [1.807, 2.05) is 4.57 Å². The zero-order chi connectivity index (χ0) is 20.7. The Balaban J connectivity index is 1.28. The number of carbonyl (C=O) groups excluding carboxylic acids is 1. The molecule has 4 fully saturated rings. The minimum atomic E-state index is -0.341. The molecule has 1 aromatic carbocycles. The van der Waals surface area contributed by atoms with Gasteiger partial charge in [0.05, 0.1) is 11.3 Å². The first-order chi connectivity index (χ1) is 14.5. The van der Waals surface area contributed by atoms with Gasteiger partial charge < -0.3 is 5.32 Å². The zero-order valence-corrected chi connectivity index (χ0v) is 17.8. The van der Waals surface area contributed by atoms with Gasteiger partial charge in [-0.1, -0.05) is 30.0 Å². The van der Waals surface area contributed by atoms with Crippen LogP contribution < -0.4 is 5.32 Å². The minimum absolute atomic E-state index is 0.0134. The molecule has 4 aliphatic carbocycles.